The lowest BCUT2D eigenvalue weighted by Crippen LogP contribution is -2.04. The van der Waals surface area contributed by atoms with E-state index in [4.69, 9.17) is 4.84 Å². The van der Waals surface area contributed by atoms with Gasteiger partial charge in [0.25, 0.3) is 0 Å². The molecule has 57 valence electrons. The number of hydrogen-bond acceptors (Lipinski definition) is 3. The van der Waals surface area contributed by atoms with Crippen molar-refractivity contribution in [3.05, 3.63) is 18.2 Å². The first kappa shape index (κ1) is 6.39. The summed E-state index contributed by atoms with van der Waals surface area (Å²) in [6, 6.07) is 0. The van der Waals surface area contributed by atoms with Crippen LogP contribution in [-0.2, 0) is 11.9 Å². The van der Waals surface area contributed by atoms with E-state index in [0.29, 0.717) is 6.42 Å². The molecule has 0 saturated carbocycles. The third kappa shape index (κ3) is 1.00. The average molecular weight is 150 g/mol. The van der Waals surface area contributed by atoms with Gasteiger partial charge in [0.05, 0.1) is 0 Å². The molecule has 0 bridgehead atoms. The molecule has 0 aliphatic carbocycles. The maximum Gasteiger partial charge on any atom is 0.190 e. The molecule has 1 aliphatic rings. The second kappa shape index (κ2) is 2.38. The van der Waals surface area contributed by atoms with Gasteiger partial charge in [0.1, 0.15) is 6.21 Å². The minimum atomic E-state index is -0.0324. The van der Waals surface area contributed by atoms with Gasteiger partial charge in [-0.15, -0.1) is 0 Å². The molecule has 0 N–H and O–H groups in total. The lowest BCUT2D eigenvalue weighted by molar-refractivity contribution is 0.0772. The molecule has 1 unspecified atom stereocenters. The van der Waals surface area contributed by atoms with E-state index in [-0.39, 0.29) is 6.10 Å². The van der Waals surface area contributed by atoms with Crippen molar-refractivity contribution in [3.8, 4) is 0 Å². The first-order chi connectivity index (χ1) is 5.38. The van der Waals surface area contributed by atoms with E-state index < -0.39 is 0 Å². The van der Waals surface area contributed by atoms with Gasteiger partial charge in [0.15, 0.2) is 11.9 Å². The smallest absolute Gasteiger partial charge is 0.190 e. The largest absolute Gasteiger partial charge is 0.384 e. The molecule has 1 aliphatic heterocycles. The molecule has 4 heteroatoms. The van der Waals surface area contributed by atoms with Crippen LogP contribution in [0.25, 0.3) is 0 Å². The van der Waals surface area contributed by atoms with Gasteiger partial charge in [-0.1, -0.05) is 5.16 Å². The summed E-state index contributed by atoms with van der Waals surface area (Å²) in [5, 5.41) is 3.56. The second-order valence-electron chi connectivity index (χ2n) is 2.44. The molecule has 4 nitrogen and oxygen atoms in total. The van der Waals surface area contributed by atoms with Crippen molar-refractivity contribution in [3.63, 3.8) is 0 Å². The summed E-state index contributed by atoms with van der Waals surface area (Å²) in [4.78, 5) is 9.14. The molecule has 1 radical (unpaired) electrons. The third-order valence-corrected chi connectivity index (χ3v) is 1.67. The van der Waals surface area contributed by atoms with E-state index >= 15 is 0 Å². The monoisotopic (exact) mass is 150 g/mol. The lowest BCUT2D eigenvalue weighted by atomic mass is 10.2. The van der Waals surface area contributed by atoms with Crippen LogP contribution in [0.15, 0.2) is 17.5 Å². The predicted molar refractivity (Wildman–Crippen MR) is 39.1 cm³/mol. The Kier molecular flexibility index (Phi) is 1.38. The van der Waals surface area contributed by atoms with E-state index in [1.807, 2.05) is 17.8 Å². The van der Waals surface area contributed by atoms with Gasteiger partial charge in [-0.25, -0.2) is 4.98 Å². The SMILES string of the molecule is Cn1ccnc1C1C[C]=NO1. The van der Waals surface area contributed by atoms with Gasteiger partial charge >= 0.3 is 0 Å². The number of imidazole rings is 1. The zero-order valence-corrected chi connectivity index (χ0v) is 6.19. The fourth-order valence-corrected chi connectivity index (χ4v) is 1.08. The van der Waals surface area contributed by atoms with Gasteiger partial charge in [-0.3, -0.25) is 0 Å². The minimum Gasteiger partial charge on any atom is -0.384 e. The molecular weight excluding hydrogens is 142 g/mol. The van der Waals surface area contributed by atoms with Crippen molar-refractivity contribution >= 4 is 6.21 Å². The van der Waals surface area contributed by atoms with Crippen LogP contribution in [0.5, 0.6) is 0 Å². The molecule has 2 rings (SSSR count). The van der Waals surface area contributed by atoms with Crippen molar-refractivity contribution in [1.29, 1.82) is 0 Å². The molecule has 0 amide bonds. The van der Waals surface area contributed by atoms with Gasteiger partial charge in [-0.05, 0) is 0 Å². The van der Waals surface area contributed by atoms with Crippen LogP contribution in [0.3, 0.4) is 0 Å². The van der Waals surface area contributed by atoms with Gasteiger partial charge in [0.2, 0.25) is 0 Å². The molecule has 1 aromatic rings. The summed E-state index contributed by atoms with van der Waals surface area (Å²) in [6.07, 6.45) is 7.04. The number of nitrogens with zero attached hydrogens (tertiary/aromatic N) is 3. The Hall–Kier alpha value is -1.32. The summed E-state index contributed by atoms with van der Waals surface area (Å²) in [7, 11) is 1.93. The Labute approximate surface area is 64.5 Å². The van der Waals surface area contributed by atoms with Crippen LogP contribution in [-0.4, -0.2) is 15.8 Å². The van der Waals surface area contributed by atoms with Crippen LogP contribution in [0.1, 0.15) is 18.3 Å². The average Bonchev–Trinajstić information content (AvgIpc) is 2.55. The fourth-order valence-electron chi connectivity index (χ4n) is 1.08. The maximum atomic E-state index is 5.01. The molecule has 0 spiro atoms. The molecular formula is C7H8N3O. The summed E-state index contributed by atoms with van der Waals surface area (Å²) < 4.78 is 1.92. The van der Waals surface area contributed by atoms with E-state index in [1.165, 1.54) is 0 Å². The third-order valence-electron chi connectivity index (χ3n) is 1.67. The highest BCUT2D eigenvalue weighted by Crippen LogP contribution is 2.21. The quantitative estimate of drug-likeness (QED) is 0.592. The van der Waals surface area contributed by atoms with Gasteiger partial charge in [-0.2, -0.15) is 0 Å². The standard InChI is InChI=1S/C7H8N3O/c1-10-5-4-8-7(10)6-2-3-9-11-6/h4-6H,2H2,1H3. The van der Waals surface area contributed by atoms with E-state index in [0.717, 1.165) is 5.82 Å². The normalized spacial score (nSPS) is 22.1. The highest BCUT2D eigenvalue weighted by molar-refractivity contribution is 5.58. The molecule has 0 aromatic carbocycles. The molecule has 0 saturated heterocycles. The van der Waals surface area contributed by atoms with Gasteiger partial charge < -0.3 is 9.40 Å². The highest BCUT2D eigenvalue weighted by Gasteiger charge is 2.20. The summed E-state index contributed by atoms with van der Waals surface area (Å²) in [5.41, 5.74) is 0. The molecule has 1 atom stereocenters. The van der Waals surface area contributed by atoms with Crippen LogP contribution in [0.2, 0.25) is 0 Å². The van der Waals surface area contributed by atoms with Crippen molar-refractivity contribution < 1.29 is 4.84 Å². The van der Waals surface area contributed by atoms with Crippen LogP contribution in [0.4, 0.5) is 0 Å². The Bertz CT molecular complexity index is 271. The number of hydrogen-bond donors (Lipinski definition) is 0. The molecule has 1 aromatic heterocycles. The van der Waals surface area contributed by atoms with E-state index in [2.05, 4.69) is 16.4 Å². The number of aryl methyl sites for hydroxylation is 1. The Balaban J connectivity index is 2.22. The minimum absolute atomic E-state index is 0.0324. The fraction of sp³-hybridized carbons (Fsp3) is 0.429. The van der Waals surface area contributed by atoms with Crippen molar-refractivity contribution in [2.24, 2.45) is 12.2 Å². The molecule has 11 heavy (non-hydrogen) atoms. The Morgan fingerprint density at radius 3 is 3.27 bits per heavy atom. The Morgan fingerprint density at radius 2 is 2.73 bits per heavy atom. The van der Waals surface area contributed by atoms with Crippen molar-refractivity contribution in [2.75, 3.05) is 0 Å². The molecule has 2 heterocycles. The first-order valence-corrected chi connectivity index (χ1v) is 3.44. The summed E-state index contributed by atoms with van der Waals surface area (Å²) in [5.74, 6) is 0.902. The van der Waals surface area contributed by atoms with Crippen molar-refractivity contribution in [2.45, 2.75) is 12.5 Å². The summed E-state index contributed by atoms with van der Waals surface area (Å²) in [6.45, 7) is 0. The lowest BCUT2D eigenvalue weighted by Gasteiger charge is -2.06. The summed E-state index contributed by atoms with van der Waals surface area (Å²) >= 11 is 0. The van der Waals surface area contributed by atoms with E-state index in [9.17, 15) is 0 Å². The topological polar surface area (TPSA) is 39.4 Å². The second-order valence-corrected chi connectivity index (χ2v) is 2.44. The first-order valence-electron chi connectivity index (χ1n) is 3.44. The molecule has 0 fully saturated rings. The number of aromatic nitrogens is 2. The van der Waals surface area contributed by atoms with Gasteiger partial charge in [0, 0.05) is 25.9 Å². The van der Waals surface area contributed by atoms with Crippen molar-refractivity contribution in [1.82, 2.24) is 9.55 Å². The predicted octanol–water partition coefficient (Wildman–Crippen LogP) is 0.744. The van der Waals surface area contributed by atoms with E-state index in [1.54, 1.807) is 6.20 Å². The zero-order valence-electron chi connectivity index (χ0n) is 6.19. The zero-order chi connectivity index (χ0) is 7.68. The van der Waals surface area contributed by atoms with Crippen LogP contribution >= 0.6 is 0 Å². The van der Waals surface area contributed by atoms with Crippen LogP contribution < -0.4 is 0 Å². The Morgan fingerprint density at radius 1 is 1.82 bits per heavy atom. The number of rotatable bonds is 1. The highest BCUT2D eigenvalue weighted by atomic mass is 16.6. The van der Waals surface area contributed by atoms with Crippen LogP contribution in [0, 0.1) is 0 Å². The maximum absolute atomic E-state index is 5.01.